The van der Waals surface area contributed by atoms with Crippen molar-refractivity contribution in [3.63, 3.8) is 0 Å². The SMILES string of the molecule is Cc1c[n+]2c(n1-c1ccc(Br)cc1)N=C1C2C(=O)N(CCN2CCOCC2)C(=O)N1C. The predicted octanol–water partition coefficient (Wildman–Crippen LogP) is 1.65. The molecule has 1 aromatic heterocycles. The lowest BCUT2D eigenvalue weighted by Gasteiger charge is -2.35. The molecule has 2 saturated heterocycles. The number of fused-ring (bicyclic) bond motifs is 3. The molecule has 0 aliphatic carbocycles. The number of carbonyl (C=O) groups is 2. The Labute approximate surface area is 188 Å². The molecule has 3 aliphatic heterocycles. The van der Waals surface area contributed by atoms with Crippen LogP contribution in [0.1, 0.15) is 11.7 Å². The normalized spacial score (nSPS) is 21.4. The molecule has 3 amide bonds. The fourth-order valence-electron chi connectivity index (χ4n) is 4.37. The summed E-state index contributed by atoms with van der Waals surface area (Å²) in [5.74, 6) is 0.883. The topological polar surface area (TPSA) is 74.3 Å². The number of aromatic nitrogens is 2. The maximum Gasteiger partial charge on any atom is 0.406 e. The van der Waals surface area contributed by atoms with Crippen molar-refractivity contribution in [2.75, 3.05) is 46.4 Å². The molecule has 0 bridgehead atoms. The summed E-state index contributed by atoms with van der Waals surface area (Å²) in [6.45, 7) is 5.98. The number of carbonyl (C=O) groups excluding carboxylic acids is 2. The molecule has 0 radical (unpaired) electrons. The number of aliphatic imine (C=N–C) groups is 1. The van der Waals surface area contributed by atoms with Crippen molar-refractivity contribution in [2.24, 2.45) is 4.99 Å². The highest BCUT2D eigenvalue weighted by atomic mass is 79.9. The number of halogens is 1. The molecule has 2 fully saturated rings. The molecule has 1 atom stereocenters. The van der Waals surface area contributed by atoms with Crippen LogP contribution in [0.15, 0.2) is 39.9 Å². The number of amides is 3. The molecule has 10 heteroatoms. The third-order valence-corrected chi connectivity index (χ3v) is 6.57. The van der Waals surface area contributed by atoms with Gasteiger partial charge in [0, 0.05) is 37.7 Å². The highest BCUT2D eigenvalue weighted by Gasteiger charge is 2.53. The molecule has 5 rings (SSSR count). The standard InChI is InChI=1S/C21H24BrN6O3/c1-14-13-27-17-18(23-20(27)28(14)16-5-3-15(22)4-6-16)24(2)21(30)26(19(17)29)8-7-25-9-11-31-12-10-25/h3-6,13,17H,7-12H2,1-2H3/q+1. The Morgan fingerprint density at radius 2 is 1.87 bits per heavy atom. The second kappa shape index (κ2) is 7.85. The van der Waals surface area contributed by atoms with E-state index < -0.39 is 6.04 Å². The van der Waals surface area contributed by atoms with Crippen molar-refractivity contribution in [1.29, 1.82) is 0 Å². The van der Waals surface area contributed by atoms with Gasteiger partial charge in [-0.05, 0) is 31.2 Å². The summed E-state index contributed by atoms with van der Waals surface area (Å²) in [7, 11) is 1.69. The first-order valence-electron chi connectivity index (χ1n) is 10.3. The summed E-state index contributed by atoms with van der Waals surface area (Å²) in [6.07, 6.45) is 1.93. The highest BCUT2D eigenvalue weighted by Crippen LogP contribution is 2.31. The lowest BCUT2D eigenvalue weighted by Crippen LogP contribution is -2.63. The van der Waals surface area contributed by atoms with Gasteiger partial charge in [0.25, 0.3) is 5.91 Å². The number of aryl methyl sites for hydroxylation is 1. The highest BCUT2D eigenvalue weighted by molar-refractivity contribution is 9.10. The van der Waals surface area contributed by atoms with Crippen molar-refractivity contribution < 1.29 is 18.9 Å². The number of imide groups is 1. The number of hydrogen-bond donors (Lipinski definition) is 0. The van der Waals surface area contributed by atoms with Crippen molar-refractivity contribution in [1.82, 2.24) is 19.3 Å². The van der Waals surface area contributed by atoms with E-state index in [-0.39, 0.29) is 11.9 Å². The molecule has 3 aliphatic rings. The van der Waals surface area contributed by atoms with E-state index in [1.165, 1.54) is 9.80 Å². The lowest BCUT2D eigenvalue weighted by atomic mass is 10.1. The predicted molar refractivity (Wildman–Crippen MR) is 117 cm³/mol. The summed E-state index contributed by atoms with van der Waals surface area (Å²) < 4.78 is 10.2. The van der Waals surface area contributed by atoms with Gasteiger partial charge in [-0.1, -0.05) is 20.9 Å². The fraction of sp³-hybridized carbons (Fsp3) is 0.429. The van der Waals surface area contributed by atoms with E-state index in [0.717, 1.165) is 28.9 Å². The van der Waals surface area contributed by atoms with Crippen LogP contribution in [-0.4, -0.2) is 83.5 Å². The van der Waals surface area contributed by atoms with Gasteiger partial charge in [0.05, 0.1) is 13.2 Å². The Balaban J connectivity index is 1.46. The monoisotopic (exact) mass is 487 g/mol. The van der Waals surface area contributed by atoms with Gasteiger partial charge in [0.2, 0.25) is 11.9 Å². The largest absolute Gasteiger partial charge is 0.406 e. The van der Waals surface area contributed by atoms with E-state index in [4.69, 9.17) is 9.73 Å². The lowest BCUT2D eigenvalue weighted by molar-refractivity contribution is -0.676. The number of imidazole rings is 1. The van der Waals surface area contributed by atoms with Crippen molar-refractivity contribution in [2.45, 2.75) is 13.0 Å². The number of hydrogen-bond acceptors (Lipinski definition) is 5. The minimum absolute atomic E-state index is 0.230. The fourth-order valence-corrected chi connectivity index (χ4v) is 4.63. The first kappa shape index (κ1) is 20.3. The Morgan fingerprint density at radius 1 is 1.16 bits per heavy atom. The van der Waals surface area contributed by atoms with Gasteiger partial charge >= 0.3 is 12.0 Å². The third-order valence-electron chi connectivity index (χ3n) is 6.04. The van der Waals surface area contributed by atoms with Gasteiger partial charge < -0.3 is 4.74 Å². The molecule has 31 heavy (non-hydrogen) atoms. The van der Waals surface area contributed by atoms with E-state index in [9.17, 15) is 9.59 Å². The summed E-state index contributed by atoms with van der Waals surface area (Å²) in [5.41, 5.74) is 1.91. The molecule has 9 nitrogen and oxygen atoms in total. The maximum atomic E-state index is 13.4. The molecule has 0 N–H and O–H groups in total. The summed E-state index contributed by atoms with van der Waals surface area (Å²) in [5, 5.41) is 0. The average molecular weight is 488 g/mol. The molecule has 0 saturated carbocycles. The molecule has 4 heterocycles. The van der Waals surface area contributed by atoms with Crippen LogP contribution in [0, 0.1) is 6.92 Å². The zero-order chi connectivity index (χ0) is 21.7. The van der Waals surface area contributed by atoms with E-state index in [2.05, 4.69) is 20.8 Å². The van der Waals surface area contributed by atoms with Gasteiger partial charge in [-0.2, -0.15) is 4.57 Å². The van der Waals surface area contributed by atoms with Gasteiger partial charge in [-0.15, -0.1) is 0 Å². The van der Waals surface area contributed by atoms with Crippen molar-refractivity contribution >= 4 is 39.7 Å². The minimum atomic E-state index is -0.627. The van der Waals surface area contributed by atoms with E-state index in [1.807, 2.05) is 46.5 Å². The number of likely N-dealkylation sites (N-methyl/N-ethyl adjacent to an activating group) is 1. The van der Waals surface area contributed by atoms with E-state index in [0.29, 0.717) is 38.1 Å². The van der Waals surface area contributed by atoms with Crippen LogP contribution in [0.3, 0.4) is 0 Å². The van der Waals surface area contributed by atoms with Crippen LogP contribution in [0.2, 0.25) is 0 Å². The zero-order valence-electron chi connectivity index (χ0n) is 17.5. The van der Waals surface area contributed by atoms with E-state index >= 15 is 0 Å². The Hall–Kier alpha value is -2.56. The molecule has 162 valence electrons. The first-order valence-corrected chi connectivity index (χ1v) is 11.1. The number of amidine groups is 1. The average Bonchev–Trinajstić information content (AvgIpc) is 3.28. The van der Waals surface area contributed by atoms with Crippen molar-refractivity contribution in [3.8, 4) is 5.69 Å². The third kappa shape index (κ3) is 3.38. The van der Waals surface area contributed by atoms with Crippen LogP contribution >= 0.6 is 15.9 Å². The molecule has 1 unspecified atom stereocenters. The molecule has 1 aromatic carbocycles. The number of nitrogens with zero attached hydrogens (tertiary/aromatic N) is 6. The zero-order valence-corrected chi connectivity index (χ0v) is 19.1. The second-order valence-electron chi connectivity index (χ2n) is 7.95. The smallest absolute Gasteiger partial charge is 0.379 e. The van der Waals surface area contributed by atoms with Crippen LogP contribution < -0.4 is 4.57 Å². The Bertz CT molecular complexity index is 1070. The van der Waals surface area contributed by atoms with Crippen LogP contribution in [0.5, 0.6) is 0 Å². The maximum absolute atomic E-state index is 13.4. The van der Waals surface area contributed by atoms with Crippen LogP contribution in [-0.2, 0) is 9.53 Å². The number of morpholine rings is 1. The van der Waals surface area contributed by atoms with Gasteiger partial charge in [-0.3, -0.25) is 19.5 Å². The van der Waals surface area contributed by atoms with Gasteiger partial charge in [0.15, 0.2) is 0 Å². The molecular formula is C21H24BrN6O3+. The number of ether oxygens (including phenoxy) is 1. The summed E-state index contributed by atoms with van der Waals surface area (Å²) in [6, 6.07) is 6.96. The van der Waals surface area contributed by atoms with Crippen molar-refractivity contribution in [3.05, 3.63) is 40.6 Å². The quantitative estimate of drug-likeness (QED) is 0.614. The second-order valence-corrected chi connectivity index (χ2v) is 8.86. The summed E-state index contributed by atoms with van der Waals surface area (Å²) >= 11 is 3.46. The number of rotatable bonds is 4. The molecular weight excluding hydrogens is 464 g/mol. The first-order chi connectivity index (χ1) is 15.0. The Morgan fingerprint density at radius 3 is 2.58 bits per heavy atom. The van der Waals surface area contributed by atoms with E-state index in [1.54, 1.807) is 7.05 Å². The molecule has 0 spiro atoms. The summed E-state index contributed by atoms with van der Waals surface area (Å²) in [4.78, 5) is 36.2. The number of benzene rings is 1. The van der Waals surface area contributed by atoms with Gasteiger partial charge in [-0.25, -0.2) is 9.36 Å². The van der Waals surface area contributed by atoms with Gasteiger partial charge in [0.1, 0.15) is 17.6 Å². The molecule has 2 aromatic rings. The Kier molecular flexibility index (Phi) is 5.15. The van der Waals surface area contributed by atoms with Crippen LogP contribution in [0.25, 0.3) is 5.69 Å². The minimum Gasteiger partial charge on any atom is -0.379 e. The number of urea groups is 1. The van der Waals surface area contributed by atoms with Crippen LogP contribution in [0.4, 0.5) is 10.7 Å².